The van der Waals surface area contributed by atoms with Crippen LogP contribution in [0.3, 0.4) is 0 Å². The molecule has 0 radical (unpaired) electrons. The van der Waals surface area contributed by atoms with Gasteiger partial charge in [0.25, 0.3) is 0 Å². The number of pyridine rings is 1. The van der Waals surface area contributed by atoms with Gasteiger partial charge in [-0.25, -0.2) is 14.8 Å². The Kier molecular flexibility index (Phi) is 5.28. The molecule has 0 aliphatic heterocycles. The number of nitrogens with one attached hydrogen (secondary N) is 2. The summed E-state index contributed by atoms with van der Waals surface area (Å²) >= 11 is 0. The molecule has 0 saturated carbocycles. The average Bonchev–Trinajstić information content (AvgIpc) is 2.99. The van der Waals surface area contributed by atoms with Gasteiger partial charge in [0.1, 0.15) is 11.3 Å². The summed E-state index contributed by atoms with van der Waals surface area (Å²) in [6.45, 7) is 5.88. The number of hydrogen-bond donors (Lipinski definition) is 2. The van der Waals surface area contributed by atoms with E-state index in [-0.39, 0.29) is 6.03 Å². The fraction of sp³-hybridized carbons (Fsp3) is 0.316. The first kappa shape index (κ1) is 17.0. The molecular weight excluding hydrogens is 314 g/mol. The van der Waals surface area contributed by atoms with Crippen LogP contribution in [0.25, 0.3) is 22.6 Å². The van der Waals surface area contributed by atoms with E-state index in [9.17, 15) is 4.79 Å². The van der Waals surface area contributed by atoms with Gasteiger partial charge in [-0.3, -0.25) is 0 Å². The number of nitrogens with zero attached hydrogens (tertiary/aromatic N) is 3. The molecule has 0 unspecified atom stereocenters. The Morgan fingerprint density at radius 1 is 1.12 bits per heavy atom. The monoisotopic (exact) mass is 337 g/mol. The number of carbonyl (C=O) groups is 1. The second-order valence-electron chi connectivity index (χ2n) is 5.98. The van der Waals surface area contributed by atoms with Crippen LogP contribution in [0.2, 0.25) is 0 Å². The molecule has 2 aromatic heterocycles. The number of aromatic nitrogens is 3. The van der Waals surface area contributed by atoms with Gasteiger partial charge in [0.05, 0.1) is 0 Å². The van der Waals surface area contributed by atoms with Crippen LogP contribution >= 0.6 is 0 Å². The van der Waals surface area contributed by atoms with Crippen molar-refractivity contribution in [2.75, 3.05) is 13.1 Å². The second kappa shape index (κ2) is 7.79. The minimum Gasteiger partial charge on any atom is -0.338 e. The van der Waals surface area contributed by atoms with E-state index in [1.54, 1.807) is 6.20 Å². The highest BCUT2D eigenvalue weighted by Gasteiger charge is 2.13. The molecule has 0 aliphatic carbocycles. The summed E-state index contributed by atoms with van der Waals surface area (Å²) in [5.74, 6) is 0.865. The quantitative estimate of drug-likeness (QED) is 0.726. The predicted molar refractivity (Wildman–Crippen MR) is 99.4 cm³/mol. The first-order chi connectivity index (χ1) is 12.2. The molecule has 0 spiro atoms. The van der Waals surface area contributed by atoms with Gasteiger partial charge in [-0.15, -0.1) is 0 Å². The van der Waals surface area contributed by atoms with E-state index in [1.165, 1.54) is 5.56 Å². The number of aryl methyl sites for hydroxylation is 1. The van der Waals surface area contributed by atoms with Gasteiger partial charge in [0.15, 0.2) is 5.65 Å². The van der Waals surface area contributed by atoms with Crippen molar-refractivity contribution < 1.29 is 4.79 Å². The number of urea groups is 1. The Morgan fingerprint density at radius 2 is 1.88 bits per heavy atom. The van der Waals surface area contributed by atoms with E-state index >= 15 is 0 Å². The Balaban J connectivity index is 1.83. The molecule has 130 valence electrons. The number of hydrogen-bond acceptors (Lipinski definition) is 3. The lowest BCUT2D eigenvalue weighted by atomic mass is 10.1. The molecule has 0 aliphatic rings. The summed E-state index contributed by atoms with van der Waals surface area (Å²) in [5, 5.41) is 5.69. The molecule has 6 heteroatoms. The van der Waals surface area contributed by atoms with E-state index in [0.29, 0.717) is 19.6 Å². The Hall–Kier alpha value is -2.89. The molecule has 3 aromatic rings. The van der Waals surface area contributed by atoms with Crippen LogP contribution in [0, 0.1) is 6.92 Å². The molecule has 2 heterocycles. The fourth-order valence-corrected chi connectivity index (χ4v) is 2.68. The molecule has 3 rings (SSSR count). The van der Waals surface area contributed by atoms with Gasteiger partial charge in [-0.1, -0.05) is 36.8 Å². The SMILES string of the molecule is CCCNC(=O)NCCn1c(-c2ccc(C)cc2)nc2cccnc21. The molecule has 2 amide bonds. The van der Waals surface area contributed by atoms with Crippen molar-refractivity contribution in [2.24, 2.45) is 0 Å². The van der Waals surface area contributed by atoms with E-state index in [0.717, 1.165) is 29.0 Å². The lowest BCUT2D eigenvalue weighted by Crippen LogP contribution is -2.37. The summed E-state index contributed by atoms with van der Waals surface area (Å²) in [7, 11) is 0. The largest absolute Gasteiger partial charge is 0.338 e. The van der Waals surface area contributed by atoms with E-state index in [4.69, 9.17) is 4.98 Å². The summed E-state index contributed by atoms with van der Waals surface area (Å²) in [5.41, 5.74) is 3.93. The Morgan fingerprint density at radius 3 is 2.64 bits per heavy atom. The third kappa shape index (κ3) is 3.96. The molecular formula is C19H23N5O. The third-order valence-corrected chi connectivity index (χ3v) is 3.97. The highest BCUT2D eigenvalue weighted by molar-refractivity contribution is 5.77. The molecule has 1 aromatic carbocycles. The fourth-order valence-electron chi connectivity index (χ4n) is 2.68. The van der Waals surface area contributed by atoms with Crippen molar-refractivity contribution in [3.8, 4) is 11.4 Å². The second-order valence-corrected chi connectivity index (χ2v) is 5.98. The molecule has 25 heavy (non-hydrogen) atoms. The Labute approximate surface area is 147 Å². The van der Waals surface area contributed by atoms with Crippen LogP contribution in [0.1, 0.15) is 18.9 Å². The zero-order valence-corrected chi connectivity index (χ0v) is 14.6. The van der Waals surface area contributed by atoms with Gasteiger partial charge in [-0.05, 0) is 25.5 Å². The van der Waals surface area contributed by atoms with Crippen molar-refractivity contribution in [1.82, 2.24) is 25.2 Å². The van der Waals surface area contributed by atoms with Gasteiger partial charge >= 0.3 is 6.03 Å². The van der Waals surface area contributed by atoms with Crippen molar-refractivity contribution >= 4 is 17.2 Å². The summed E-state index contributed by atoms with van der Waals surface area (Å²) in [4.78, 5) is 20.9. The summed E-state index contributed by atoms with van der Waals surface area (Å²) < 4.78 is 2.06. The number of amides is 2. The standard InChI is InChI=1S/C19H23N5O/c1-3-10-21-19(25)22-12-13-24-17(15-8-6-14(2)7-9-15)23-16-5-4-11-20-18(16)24/h4-9,11H,3,10,12-13H2,1-2H3,(H2,21,22,25). The first-order valence-electron chi connectivity index (χ1n) is 8.59. The molecule has 0 atom stereocenters. The third-order valence-electron chi connectivity index (χ3n) is 3.97. The first-order valence-corrected chi connectivity index (χ1v) is 8.59. The van der Waals surface area contributed by atoms with Crippen molar-refractivity contribution in [2.45, 2.75) is 26.8 Å². The van der Waals surface area contributed by atoms with E-state index in [1.807, 2.05) is 19.1 Å². The van der Waals surface area contributed by atoms with Gasteiger partial charge in [-0.2, -0.15) is 0 Å². The highest BCUT2D eigenvalue weighted by atomic mass is 16.2. The predicted octanol–water partition coefficient (Wildman–Crippen LogP) is 3.12. The number of rotatable bonds is 6. The smallest absolute Gasteiger partial charge is 0.314 e. The number of carbonyl (C=O) groups excluding carboxylic acids is 1. The molecule has 2 N–H and O–H groups in total. The van der Waals surface area contributed by atoms with E-state index < -0.39 is 0 Å². The maximum Gasteiger partial charge on any atom is 0.314 e. The van der Waals surface area contributed by atoms with Gasteiger partial charge in [0, 0.05) is 31.4 Å². The minimum atomic E-state index is -0.142. The zero-order valence-electron chi connectivity index (χ0n) is 14.6. The Bertz CT molecular complexity index is 854. The lowest BCUT2D eigenvalue weighted by Gasteiger charge is -2.11. The van der Waals surface area contributed by atoms with Crippen LogP contribution in [-0.2, 0) is 6.54 Å². The topological polar surface area (TPSA) is 71.8 Å². The van der Waals surface area contributed by atoms with Crippen LogP contribution < -0.4 is 10.6 Å². The molecule has 6 nitrogen and oxygen atoms in total. The van der Waals surface area contributed by atoms with Gasteiger partial charge < -0.3 is 15.2 Å². The average molecular weight is 337 g/mol. The molecule has 0 bridgehead atoms. The number of imidazole rings is 1. The van der Waals surface area contributed by atoms with Crippen molar-refractivity contribution in [3.05, 3.63) is 48.2 Å². The lowest BCUT2D eigenvalue weighted by molar-refractivity contribution is 0.240. The van der Waals surface area contributed by atoms with Crippen LogP contribution in [-0.4, -0.2) is 33.7 Å². The maximum atomic E-state index is 11.7. The maximum absolute atomic E-state index is 11.7. The van der Waals surface area contributed by atoms with E-state index in [2.05, 4.69) is 51.4 Å². The van der Waals surface area contributed by atoms with Gasteiger partial charge in [0.2, 0.25) is 0 Å². The molecule has 0 saturated heterocycles. The van der Waals surface area contributed by atoms with Crippen molar-refractivity contribution in [1.29, 1.82) is 0 Å². The zero-order chi connectivity index (χ0) is 17.6. The van der Waals surface area contributed by atoms with Crippen LogP contribution in [0.5, 0.6) is 0 Å². The summed E-state index contributed by atoms with van der Waals surface area (Å²) in [6.07, 6.45) is 2.68. The van der Waals surface area contributed by atoms with Crippen LogP contribution in [0.15, 0.2) is 42.6 Å². The van der Waals surface area contributed by atoms with Crippen molar-refractivity contribution in [3.63, 3.8) is 0 Å². The highest BCUT2D eigenvalue weighted by Crippen LogP contribution is 2.23. The number of fused-ring (bicyclic) bond motifs is 1. The summed E-state index contributed by atoms with van der Waals surface area (Å²) in [6, 6.07) is 12.0. The molecule has 0 fully saturated rings. The number of benzene rings is 1. The minimum absolute atomic E-state index is 0.142. The van der Waals surface area contributed by atoms with Crippen LogP contribution in [0.4, 0.5) is 4.79 Å². The normalized spacial score (nSPS) is 10.8.